The van der Waals surface area contributed by atoms with Gasteiger partial charge in [-0.2, -0.15) is 0 Å². The third-order valence-corrected chi connectivity index (χ3v) is 2.10. The fourth-order valence-electron chi connectivity index (χ4n) is 1.14. The molecule has 0 aliphatic carbocycles. The number of halogens is 1. The van der Waals surface area contributed by atoms with E-state index in [0.717, 1.165) is 19.4 Å². The summed E-state index contributed by atoms with van der Waals surface area (Å²) >= 11 is 3.36. The number of ether oxygens (including phenoxy) is 1. The van der Waals surface area contributed by atoms with Gasteiger partial charge in [0.2, 0.25) is 5.91 Å². The molecule has 0 aromatic heterocycles. The fraction of sp³-hybridized carbons (Fsp3) is 0.875. The van der Waals surface area contributed by atoms with Gasteiger partial charge in [-0.05, 0) is 12.8 Å². The molecular weight excluding hydrogens is 222 g/mol. The van der Waals surface area contributed by atoms with E-state index in [1.165, 1.54) is 0 Å². The zero-order valence-electron chi connectivity index (χ0n) is 7.18. The Bertz CT molecular complexity index is 155. The number of carbonyl (C=O) groups excluding carboxylic acids is 1. The molecule has 1 rings (SSSR count). The molecule has 2 atom stereocenters. The summed E-state index contributed by atoms with van der Waals surface area (Å²) in [6.07, 6.45) is 1.67. The van der Waals surface area contributed by atoms with E-state index in [2.05, 4.69) is 21.2 Å². The Hall–Kier alpha value is -0.0900. The lowest BCUT2D eigenvalue weighted by molar-refractivity contribution is -0.129. The number of amides is 1. The molecule has 1 saturated heterocycles. The SMILES string of the molecule is CC(Br)CNC(=O)C1CCCO1. The van der Waals surface area contributed by atoms with Crippen molar-refractivity contribution in [3.05, 3.63) is 0 Å². The van der Waals surface area contributed by atoms with Crippen molar-refractivity contribution in [2.75, 3.05) is 13.2 Å². The van der Waals surface area contributed by atoms with Gasteiger partial charge in [0.25, 0.3) is 0 Å². The second kappa shape index (κ2) is 4.82. The molecule has 0 aromatic rings. The average molecular weight is 236 g/mol. The van der Waals surface area contributed by atoms with E-state index in [9.17, 15) is 4.79 Å². The van der Waals surface area contributed by atoms with Gasteiger partial charge in [-0.1, -0.05) is 22.9 Å². The number of rotatable bonds is 3. The van der Waals surface area contributed by atoms with Gasteiger partial charge in [0.1, 0.15) is 6.10 Å². The summed E-state index contributed by atoms with van der Waals surface area (Å²) in [6.45, 7) is 3.39. The van der Waals surface area contributed by atoms with E-state index < -0.39 is 0 Å². The average Bonchev–Trinajstić information content (AvgIpc) is 2.51. The maximum absolute atomic E-state index is 11.3. The molecule has 0 saturated carbocycles. The van der Waals surface area contributed by atoms with E-state index in [1.54, 1.807) is 0 Å². The predicted molar refractivity (Wildman–Crippen MR) is 50.4 cm³/mol. The van der Waals surface area contributed by atoms with Gasteiger partial charge in [0.05, 0.1) is 0 Å². The van der Waals surface area contributed by atoms with Gasteiger partial charge in [0.15, 0.2) is 0 Å². The van der Waals surface area contributed by atoms with Crippen LogP contribution in [0.1, 0.15) is 19.8 Å². The Kier molecular flexibility index (Phi) is 4.01. The van der Waals surface area contributed by atoms with Crippen LogP contribution in [0.25, 0.3) is 0 Å². The van der Waals surface area contributed by atoms with Crippen molar-refractivity contribution in [3.8, 4) is 0 Å². The van der Waals surface area contributed by atoms with Crippen LogP contribution in [0, 0.1) is 0 Å². The second-order valence-corrected chi connectivity index (χ2v) is 4.59. The normalized spacial score (nSPS) is 25.3. The van der Waals surface area contributed by atoms with Crippen molar-refractivity contribution in [3.63, 3.8) is 0 Å². The highest BCUT2D eigenvalue weighted by atomic mass is 79.9. The number of hydrogen-bond acceptors (Lipinski definition) is 2. The summed E-state index contributed by atoms with van der Waals surface area (Å²) in [5.41, 5.74) is 0. The van der Waals surface area contributed by atoms with Crippen LogP contribution >= 0.6 is 15.9 Å². The Labute approximate surface area is 81.0 Å². The van der Waals surface area contributed by atoms with Gasteiger partial charge >= 0.3 is 0 Å². The molecule has 12 heavy (non-hydrogen) atoms. The molecule has 1 fully saturated rings. The zero-order chi connectivity index (χ0) is 8.97. The number of alkyl halides is 1. The summed E-state index contributed by atoms with van der Waals surface area (Å²) in [4.78, 5) is 11.6. The Balaban J connectivity index is 2.18. The molecule has 0 spiro atoms. The molecule has 2 unspecified atom stereocenters. The predicted octanol–water partition coefficient (Wildman–Crippen LogP) is 1.06. The third-order valence-electron chi connectivity index (χ3n) is 1.78. The van der Waals surface area contributed by atoms with E-state index in [-0.39, 0.29) is 12.0 Å². The van der Waals surface area contributed by atoms with Crippen molar-refractivity contribution in [1.82, 2.24) is 5.32 Å². The first kappa shape index (κ1) is 9.99. The molecule has 1 aliphatic rings. The van der Waals surface area contributed by atoms with Crippen molar-refractivity contribution in [2.24, 2.45) is 0 Å². The first-order valence-corrected chi connectivity index (χ1v) is 5.15. The summed E-state index contributed by atoms with van der Waals surface area (Å²) in [6, 6.07) is 0. The van der Waals surface area contributed by atoms with Gasteiger partial charge in [-0.25, -0.2) is 0 Å². The number of nitrogens with one attached hydrogen (secondary N) is 1. The molecule has 1 heterocycles. The van der Waals surface area contributed by atoms with Gasteiger partial charge in [0, 0.05) is 18.0 Å². The van der Waals surface area contributed by atoms with Gasteiger partial charge in [-0.3, -0.25) is 4.79 Å². The lowest BCUT2D eigenvalue weighted by Crippen LogP contribution is -2.36. The molecule has 1 amide bonds. The summed E-state index contributed by atoms with van der Waals surface area (Å²) in [7, 11) is 0. The standard InChI is InChI=1S/C8H14BrNO2/c1-6(9)5-10-8(11)7-3-2-4-12-7/h6-7H,2-5H2,1H3,(H,10,11). The number of hydrogen-bond donors (Lipinski definition) is 1. The minimum absolute atomic E-state index is 0.0267. The molecule has 3 nitrogen and oxygen atoms in total. The van der Waals surface area contributed by atoms with Crippen LogP contribution in [0.4, 0.5) is 0 Å². The lowest BCUT2D eigenvalue weighted by Gasteiger charge is -2.10. The monoisotopic (exact) mass is 235 g/mol. The minimum Gasteiger partial charge on any atom is -0.368 e. The summed E-state index contributed by atoms with van der Waals surface area (Å²) in [5, 5.41) is 2.81. The maximum atomic E-state index is 11.3. The topological polar surface area (TPSA) is 38.3 Å². The van der Waals surface area contributed by atoms with Gasteiger partial charge < -0.3 is 10.1 Å². The summed E-state index contributed by atoms with van der Waals surface area (Å²) < 4.78 is 5.22. The van der Waals surface area contributed by atoms with Crippen molar-refractivity contribution in [1.29, 1.82) is 0 Å². The molecule has 1 N–H and O–H groups in total. The van der Waals surface area contributed by atoms with Crippen LogP contribution in [0.2, 0.25) is 0 Å². The first-order chi connectivity index (χ1) is 5.70. The van der Waals surface area contributed by atoms with Crippen LogP contribution in [0.3, 0.4) is 0 Å². The third kappa shape index (κ3) is 3.11. The highest BCUT2D eigenvalue weighted by Gasteiger charge is 2.22. The fourth-order valence-corrected chi connectivity index (χ4v) is 1.30. The quantitative estimate of drug-likeness (QED) is 0.744. The van der Waals surface area contributed by atoms with Crippen LogP contribution in [0.15, 0.2) is 0 Å². The largest absolute Gasteiger partial charge is 0.368 e. The van der Waals surface area contributed by atoms with Crippen molar-refractivity contribution in [2.45, 2.75) is 30.7 Å². The van der Waals surface area contributed by atoms with E-state index in [4.69, 9.17) is 4.74 Å². The number of carbonyl (C=O) groups is 1. The lowest BCUT2D eigenvalue weighted by atomic mass is 10.2. The van der Waals surface area contributed by atoms with Gasteiger partial charge in [-0.15, -0.1) is 0 Å². The van der Waals surface area contributed by atoms with Crippen LogP contribution in [0.5, 0.6) is 0 Å². The molecular formula is C8H14BrNO2. The van der Waals surface area contributed by atoms with Crippen molar-refractivity contribution >= 4 is 21.8 Å². The molecule has 4 heteroatoms. The smallest absolute Gasteiger partial charge is 0.249 e. The maximum Gasteiger partial charge on any atom is 0.249 e. The molecule has 0 bridgehead atoms. The minimum atomic E-state index is -0.198. The Morgan fingerprint density at radius 1 is 1.83 bits per heavy atom. The highest BCUT2D eigenvalue weighted by Crippen LogP contribution is 2.11. The van der Waals surface area contributed by atoms with Crippen LogP contribution in [-0.2, 0) is 9.53 Å². The van der Waals surface area contributed by atoms with Crippen LogP contribution < -0.4 is 5.32 Å². The molecule has 70 valence electrons. The molecule has 0 aromatic carbocycles. The van der Waals surface area contributed by atoms with Crippen LogP contribution in [-0.4, -0.2) is 30.0 Å². The van der Waals surface area contributed by atoms with Crippen molar-refractivity contribution < 1.29 is 9.53 Å². The zero-order valence-corrected chi connectivity index (χ0v) is 8.76. The van der Waals surface area contributed by atoms with E-state index in [0.29, 0.717) is 11.4 Å². The first-order valence-electron chi connectivity index (χ1n) is 4.23. The molecule has 0 radical (unpaired) electrons. The second-order valence-electron chi connectivity index (χ2n) is 3.03. The van der Waals surface area contributed by atoms with E-state index in [1.807, 2.05) is 6.92 Å². The summed E-state index contributed by atoms with van der Waals surface area (Å²) in [5.74, 6) is 0.0267. The highest BCUT2D eigenvalue weighted by molar-refractivity contribution is 9.09. The Morgan fingerprint density at radius 3 is 3.08 bits per heavy atom. The van der Waals surface area contributed by atoms with E-state index >= 15 is 0 Å². The Morgan fingerprint density at radius 2 is 2.58 bits per heavy atom. The molecule has 1 aliphatic heterocycles.